The summed E-state index contributed by atoms with van der Waals surface area (Å²) in [6.45, 7) is 13.2. The molecule has 110 valence electrons. The highest BCUT2D eigenvalue weighted by molar-refractivity contribution is 5.28. The van der Waals surface area contributed by atoms with Crippen molar-refractivity contribution < 1.29 is 0 Å². The van der Waals surface area contributed by atoms with Gasteiger partial charge in [0.25, 0.3) is 0 Å². The van der Waals surface area contributed by atoms with Gasteiger partial charge in [0.15, 0.2) is 0 Å². The SMILES string of the molecule is CCCCCn1nc(C)c(C(CC)NCCC)c1C. The first kappa shape index (κ1) is 16.2. The summed E-state index contributed by atoms with van der Waals surface area (Å²) in [5, 5.41) is 8.38. The van der Waals surface area contributed by atoms with E-state index in [9.17, 15) is 0 Å². The zero-order chi connectivity index (χ0) is 14.3. The fraction of sp³-hybridized carbons (Fsp3) is 0.812. The third-order valence-corrected chi connectivity index (χ3v) is 3.81. The molecule has 0 aromatic carbocycles. The highest BCUT2D eigenvalue weighted by Crippen LogP contribution is 2.24. The molecule has 1 heterocycles. The monoisotopic (exact) mass is 265 g/mol. The van der Waals surface area contributed by atoms with Gasteiger partial charge in [0.05, 0.1) is 5.69 Å². The van der Waals surface area contributed by atoms with Crippen molar-refractivity contribution in [2.45, 2.75) is 79.3 Å². The lowest BCUT2D eigenvalue weighted by molar-refractivity contribution is 0.509. The number of hydrogen-bond acceptors (Lipinski definition) is 2. The minimum atomic E-state index is 0.458. The molecular weight excluding hydrogens is 234 g/mol. The molecule has 0 aliphatic carbocycles. The topological polar surface area (TPSA) is 29.9 Å². The zero-order valence-electron chi connectivity index (χ0n) is 13.4. The van der Waals surface area contributed by atoms with Gasteiger partial charge in [0.2, 0.25) is 0 Å². The maximum Gasteiger partial charge on any atom is 0.0644 e. The van der Waals surface area contributed by atoms with Crippen LogP contribution in [-0.4, -0.2) is 16.3 Å². The molecule has 0 amide bonds. The second-order valence-corrected chi connectivity index (χ2v) is 5.43. The second-order valence-electron chi connectivity index (χ2n) is 5.43. The lowest BCUT2D eigenvalue weighted by Gasteiger charge is -2.17. The molecule has 1 atom stereocenters. The third kappa shape index (κ3) is 4.34. The Morgan fingerprint density at radius 3 is 2.42 bits per heavy atom. The largest absolute Gasteiger partial charge is 0.310 e. The molecule has 0 aliphatic rings. The molecule has 0 fully saturated rings. The minimum Gasteiger partial charge on any atom is -0.310 e. The quantitative estimate of drug-likeness (QED) is 0.680. The van der Waals surface area contributed by atoms with Crippen molar-refractivity contribution in [3.05, 3.63) is 17.0 Å². The molecule has 3 nitrogen and oxygen atoms in total. The van der Waals surface area contributed by atoms with Crippen LogP contribution in [0.4, 0.5) is 0 Å². The van der Waals surface area contributed by atoms with Gasteiger partial charge in [0, 0.05) is 23.8 Å². The summed E-state index contributed by atoms with van der Waals surface area (Å²) in [5.41, 5.74) is 3.97. The minimum absolute atomic E-state index is 0.458. The van der Waals surface area contributed by atoms with Crippen LogP contribution >= 0.6 is 0 Å². The van der Waals surface area contributed by atoms with Gasteiger partial charge in [-0.2, -0.15) is 5.10 Å². The van der Waals surface area contributed by atoms with E-state index in [1.807, 2.05) is 0 Å². The Balaban J connectivity index is 2.81. The molecule has 3 heteroatoms. The molecule has 1 aromatic heterocycles. The molecule has 0 saturated carbocycles. The van der Waals surface area contributed by atoms with Crippen molar-refractivity contribution in [1.82, 2.24) is 15.1 Å². The number of unbranched alkanes of at least 4 members (excludes halogenated alkanes) is 2. The molecule has 0 saturated heterocycles. The number of aryl methyl sites for hydroxylation is 2. The predicted octanol–water partition coefficient (Wildman–Crippen LogP) is 4.14. The first-order valence-corrected chi connectivity index (χ1v) is 7.92. The molecule has 1 N–H and O–H groups in total. The van der Waals surface area contributed by atoms with Crippen LogP contribution in [-0.2, 0) is 6.54 Å². The van der Waals surface area contributed by atoms with E-state index in [0.29, 0.717) is 6.04 Å². The average Bonchev–Trinajstić information content (AvgIpc) is 2.67. The van der Waals surface area contributed by atoms with Crippen LogP contribution < -0.4 is 5.32 Å². The van der Waals surface area contributed by atoms with E-state index < -0.39 is 0 Å². The normalized spacial score (nSPS) is 12.9. The smallest absolute Gasteiger partial charge is 0.0644 e. The molecule has 0 bridgehead atoms. The molecule has 0 radical (unpaired) electrons. The van der Waals surface area contributed by atoms with Crippen molar-refractivity contribution in [3.63, 3.8) is 0 Å². The molecular formula is C16H31N3. The summed E-state index contributed by atoms with van der Waals surface area (Å²) >= 11 is 0. The summed E-state index contributed by atoms with van der Waals surface area (Å²) in [5.74, 6) is 0. The van der Waals surface area contributed by atoms with Crippen LogP contribution in [0.25, 0.3) is 0 Å². The maximum absolute atomic E-state index is 4.74. The first-order chi connectivity index (χ1) is 9.15. The van der Waals surface area contributed by atoms with E-state index in [-0.39, 0.29) is 0 Å². The Hall–Kier alpha value is -0.830. The van der Waals surface area contributed by atoms with Crippen molar-refractivity contribution in [3.8, 4) is 0 Å². The van der Waals surface area contributed by atoms with Crippen LogP contribution in [0.5, 0.6) is 0 Å². The Morgan fingerprint density at radius 2 is 1.84 bits per heavy atom. The zero-order valence-corrected chi connectivity index (χ0v) is 13.4. The van der Waals surface area contributed by atoms with Gasteiger partial charge in [-0.15, -0.1) is 0 Å². The van der Waals surface area contributed by atoms with Crippen LogP contribution in [0.15, 0.2) is 0 Å². The molecule has 1 aromatic rings. The third-order valence-electron chi connectivity index (χ3n) is 3.81. The Morgan fingerprint density at radius 1 is 1.11 bits per heavy atom. The summed E-state index contributed by atoms with van der Waals surface area (Å²) < 4.78 is 2.20. The Kier molecular flexibility index (Phi) is 7.14. The lowest BCUT2D eigenvalue weighted by atomic mass is 10.0. The van der Waals surface area contributed by atoms with Gasteiger partial charge in [-0.05, 0) is 39.7 Å². The summed E-state index contributed by atoms with van der Waals surface area (Å²) in [6.07, 6.45) is 6.10. The van der Waals surface area contributed by atoms with E-state index in [1.54, 1.807) is 0 Å². The van der Waals surface area contributed by atoms with Crippen molar-refractivity contribution >= 4 is 0 Å². The van der Waals surface area contributed by atoms with Crippen molar-refractivity contribution in [2.75, 3.05) is 6.54 Å². The van der Waals surface area contributed by atoms with Crippen LogP contribution in [0.2, 0.25) is 0 Å². The van der Waals surface area contributed by atoms with Crippen LogP contribution in [0.3, 0.4) is 0 Å². The van der Waals surface area contributed by atoms with Gasteiger partial charge in [-0.1, -0.05) is 33.6 Å². The highest BCUT2D eigenvalue weighted by atomic mass is 15.3. The molecule has 0 spiro atoms. The van der Waals surface area contributed by atoms with Gasteiger partial charge in [0.1, 0.15) is 0 Å². The Labute approximate surface area is 118 Å². The fourth-order valence-corrected chi connectivity index (χ4v) is 2.71. The fourth-order valence-electron chi connectivity index (χ4n) is 2.71. The van der Waals surface area contributed by atoms with E-state index in [2.05, 4.69) is 44.6 Å². The number of aromatic nitrogens is 2. The van der Waals surface area contributed by atoms with E-state index >= 15 is 0 Å². The molecule has 19 heavy (non-hydrogen) atoms. The molecule has 1 unspecified atom stereocenters. The first-order valence-electron chi connectivity index (χ1n) is 7.92. The van der Waals surface area contributed by atoms with Crippen molar-refractivity contribution in [2.24, 2.45) is 0 Å². The number of nitrogens with one attached hydrogen (secondary N) is 1. The van der Waals surface area contributed by atoms with Gasteiger partial charge in [-0.25, -0.2) is 0 Å². The number of rotatable bonds is 9. The van der Waals surface area contributed by atoms with E-state index in [1.165, 1.54) is 42.6 Å². The maximum atomic E-state index is 4.74. The second kappa shape index (κ2) is 8.36. The summed E-state index contributed by atoms with van der Waals surface area (Å²) in [6, 6.07) is 0.458. The Bertz CT molecular complexity index is 368. The predicted molar refractivity (Wildman–Crippen MR) is 82.6 cm³/mol. The lowest BCUT2D eigenvalue weighted by Crippen LogP contribution is -2.22. The number of nitrogens with zero attached hydrogens (tertiary/aromatic N) is 2. The summed E-state index contributed by atoms with van der Waals surface area (Å²) in [4.78, 5) is 0. The van der Waals surface area contributed by atoms with Gasteiger partial charge in [-0.3, -0.25) is 4.68 Å². The van der Waals surface area contributed by atoms with Crippen molar-refractivity contribution in [1.29, 1.82) is 0 Å². The van der Waals surface area contributed by atoms with Crippen LogP contribution in [0.1, 0.15) is 75.9 Å². The van der Waals surface area contributed by atoms with E-state index in [4.69, 9.17) is 5.10 Å². The van der Waals surface area contributed by atoms with Gasteiger partial charge >= 0.3 is 0 Å². The molecule has 0 aliphatic heterocycles. The number of hydrogen-bond donors (Lipinski definition) is 1. The van der Waals surface area contributed by atoms with Crippen LogP contribution in [0, 0.1) is 13.8 Å². The summed E-state index contributed by atoms with van der Waals surface area (Å²) in [7, 11) is 0. The van der Waals surface area contributed by atoms with E-state index in [0.717, 1.165) is 19.5 Å². The van der Waals surface area contributed by atoms with Gasteiger partial charge < -0.3 is 5.32 Å². The average molecular weight is 265 g/mol. The standard InChI is InChI=1S/C16H31N3/c1-6-9-10-12-19-14(5)16(13(4)18-19)15(8-3)17-11-7-2/h15,17H,6-12H2,1-5H3. The molecule has 1 rings (SSSR count). The highest BCUT2D eigenvalue weighted by Gasteiger charge is 2.18.